The summed E-state index contributed by atoms with van der Waals surface area (Å²) in [6, 6.07) is 11.1. The monoisotopic (exact) mass is 304 g/mol. The number of aromatic nitrogens is 1. The standard InChI is InChI=1S/C15H16N2O3S/c1-11(14-5-3-4-10-16-14)17-15(18)12-6-8-13(9-7-12)21(2,19)20/h3-11H,1-2H3,(H,17,18). The van der Waals surface area contributed by atoms with Gasteiger partial charge in [0.15, 0.2) is 9.84 Å². The Balaban J connectivity index is 2.11. The number of pyridine rings is 1. The highest BCUT2D eigenvalue weighted by molar-refractivity contribution is 7.90. The first-order valence-electron chi connectivity index (χ1n) is 6.40. The molecule has 6 heteroatoms. The molecule has 1 unspecified atom stereocenters. The van der Waals surface area contributed by atoms with Crippen LogP contribution in [0.3, 0.4) is 0 Å². The van der Waals surface area contributed by atoms with Crippen molar-refractivity contribution in [1.29, 1.82) is 0 Å². The van der Waals surface area contributed by atoms with Gasteiger partial charge in [-0.15, -0.1) is 0 Å². The van der Waals surface area contributed by atoms with Crippen LogP contribution in [0.15, 0.2) is 53.6 Å². The Hall–Kier alpha value is -2.21. The van der Waals surface area contributed by atoms with Crippen molar-refractivity contribution in [3.05, 3.63) is 59.9 Å². The van der Waals surface area contributed by atoms with Crippen LogP contribution in [0.1, 0.15) is 29.0 Å². The molecule has 2 aromatic rings. The molecule has 1 aromatic carbocycles. The molecule has 0 radical (unpaired) electrons. The highest BCUT2D eigenvalue weighted by atomic mass is 32.2. The maximum absolute atomic E-state index is 12.1. The van der Waals surface area contributed by atoms with Gasteiger partial charge in [0.05, 0.1) is 16.6 Å². The third kappa shape index (κ3) is 3.88. The van der Waals surface area contributed by atoms with Crippen molar-refractivity contribution in [3.8, 4) is 0 Å². The van der Waals surface area contributed by atoms with Crippen molar-refractivity contribution in [2.45, 2.75) is 17.9 Å². The molecule has 1 heterocycles. The van der Waals surface area contributed by atoms with Gasteiger partial charge >= 0.3 is 0 Å². The van der Waals surface area contributed by atoms with Gasteiger partial charge in [0.2, 0.25) is 0 Å². The Morgan fingerprint density at radius 3 is 2.33 bits per heavy atom. The van der Waals surface area contributed by atoms with E-state index in [-0.39, 0.29) is 16.8 Å². The van der Waals surface area contributed by atoms with E-state index in [1.54, 1.807) is 6.20 Å². The van der Waals surface area contributed by atoms with Crippen LogP contribution in [0.25, 0.3) is 0 Å². The number of rotatable bonds is 4. The van der Waals surface area contributed by atoms with E-state index in [1.807, 2.05) is 25.1 Å². The van der Waals surface area contributed by atoms with E-state index >= 15 is 0 Å². The lowest BCUT2D eigenvalue weighted by molar-refractivity contribution is 0.0939. The zero-order chi connectivity index (χ0) is 15.5. The third-order valence-corrected chi connectivity index (χ3v) is 4.15. The number of carbonyl (C=O) groups is 1. The number of carbonyl (C=O) groups excluding carboxylic acids is 1. The maximum Gasteiger partial charge on any atom is 0.251 e. The number of nitrogens with zero attached hydrogens (tertiary/aromatic N) is 1. The zero-order valence-corrected chi connectivity index (χ0v) is 12.6. The number of benzene rings is 1. The lowest BCUT2D eigenvalue weighted by atomic mass is 10.1. The van der Waals surface area contributed by atoms with Crippen LogP contribution in [-0.2, 0) is 9.84 Å². The summed E-state index contributed by atoms with van der Waals surface area (Å²) < 4.78 is 22.7. The van der Waals surface area contributed by atoms with E-state index in [4.69, 9.17) is 0 Å². The lowest BCUT2D eigenvalue weighted by Gasteiger charge is -2.13. The second kappa shape index (κ2) is 6.05. The molecule has 0 saturated carbocycles. The SMILES string of the molecule is CC(NC(=O)c1ccc(S(C)(=O)=O)cc1)c1ccccn1. The molecule has 0 aliphatic heterocycles. The predicted molar refractivity (Wildman–Crippen MR) is 79.7 cm³/mol. The van der Waals surface area contributed by atoms with Crippen molar-refractivity contribution < 1.29 is 13.2 Å². The van der Waals surface area contributed by atoms with Crippen molar-refractivity contribution in [3.63, 3.8) is 0 Å². The van der Waals surface area contributed by atoms with Crippen molar-refractivity contribution in [1.82, 2.24) is 10.3 Å². The van der Waals surface area contributed by atoms with Crippen LogP contribution in [-0.4, -0.2) is 25.6 Å². The molecular formula is C15H16N2O3S. The molecule has 1 N–H and O–H groups in total. The molecule has 2 rings (SSSR count). The molecule has 1 aromatic heterocycles. The van der Waals surface area contributed by atoms with Crippen LogP contribution in [0.4, 0.5) is 0 Å². The minimum absolute atomic E-state index is 0.192. The summed E-state index contributed by atoms with van der Waals surface area (Å²) in [5.41, 5.74) is 1.17. The first-order chi connectivity index (χ1) is 9.88. The van der Waals surface area contributed by atoms with Gasteiger partial charge in [0, 0.05) is 18.0 Å². The number of amides is 1. The average molecular weight is 304 g/mol. The van der Waals surface area contributed by atoms with E-state index in [1.165, 1.54) is 24.3 Å². The Labute approximate surface area is 124 Å². The molecule has 0 aliphatic carbocycles. The topological polar surface area (TPSA) is 76.1 Å². The summed E-state index contributed by atoms with van der Waals surface area (Å²) in [5, 5.41) is 2.82. The van der Waals surface area contributed by atoms with Crippen LogP contribution < -0.4 is 5.32 Å². The smallest absolute Gasteiger partial charge is 0.251 e. The number of hydrogen-bond donors (Lipinski definition) is 1. The quantitative estimate of drug-likeness (QED) is 0.937. The van der Waals surface area contributed by atoms with E-state index in [0.29, 0.717) is 5.56 Å². The molecule has 5 nitrogen and oxygen atoms in total. The molecule has 1 amide bonds. The molecule has 1 atom stereocenters. The molecule has 0 saturated heterocycles. The Kier molecular flexibility index (Phi) is 4.37. The van der Waals surface area contributed by atoms with Gasteiger partial charge < -0.3 is 5.32 Å². The molecule has 0 spiro atoms. The Morgan fingerprint density at radius 1 is 1.14 bits per heavy atom. The van der Waals surface area contributed by atoms with Crippen LogP contribution in [0.5, 0.6) is 0 Å². The molecule has 110 valence electrons. The molecule has 0 aliphatic rings. The normalized spacial score (nSPS) is 12.7. The van der Waals surface area contributed by atoms with Gasteiger partial charge in [-0.2, -0.15) is 0 Å². The van der Waals surface area contributed by atoms with Gasteiger partial charge in [-0.05, 0) is 43.3 Å². The number of hydrogen-bond acceptors (Lipinski definition) is 4. The van der Waals surface area contributed by atoms with E-state index in [9.17, 15) is 13.2 Å². The highest BCUT2D eigenvalue weighted by Gasteiger charge is 2.13. The van der Waals surface area contributed by atoms with E-state index in [0.717, 1.165) is 11.9 Å². The van der Waals surface area contributed by atoms with E-state index < -0.39 is 9.84 Å². The fourth-order valence-electron chi connectivity index (χ4n) is 1.84. The van der Waals surface area contributed by atoms with Crippen molar-refractivity contribution >= 4 is 15.7 Å². The summed E-state index contributed by atoms with van der Waals surface area (Å²) in [6.07, 6.45) is 2.80. The van der Waals surface area contributed by atoms with Crippen LogP contribution in [0.2, 0.25) is 0 Å². The maximum atomic E-state index is 12.1. The minimum atomic E-state index is -3.25. The van der Waals surface area contributed by atoms with Gasteiger partial charge in [-0.25, -0.2) is 8.42 Å². The van der Waals surface area contributed by atoms with Crippen molar-refractivity contribution in [2.75, 3.05) is 6.26 Å². The number of nitrogens with one attached hydrogen (secondary N) is 1. The van der Waals surface area contributed by atoms with Crippen LogP contribution in [0, 0.1) is 0 Å². The van der Waals surface area contributed by atoms with Crippen molar-refractivity contribution in [2.24, 2.45) is 0 Å². The second-order valence-electron chi connectivity index (χ2n) is 4.75. The Morgan fingerprint density at radius 2 is 1.81 bits per heavy atom. The lowest BCUT2D eigenvalue weighted by Crippen LogP contribution is -2.27. The first kappa shape index (κ1) is 15.2. The second-order valence-corrected chi connectivity index (χ2v) is 6.76. The first-order valence-corrected chi connectivity index (χ1v) is 8.29. The predicted octanol–water partition coefficient (Wildman–Crippen LogP) is 1.98. The summed E-state index contributed by atoms with van der Waals surface area (Å²) >= 11 is 0. The fourth-order valence-corrected chi connectivity index (χ4v) is 2.47. The zero-order valence-electron chi connectivity index (χ0n) is 11.8. The molecular weight excluding hydrogens is 288 g/mol. The summed E-state index contributed by atoms with van der Waals surface area (Å²) in [5.74, 6) is -0.270. The highest BCUT2D eigenvalue weighted by Crippen LogP contribution is 2.13. The molecule has 0 bridgehead atoms. The summed E-state index contributed by atoms with van der Waals surface area (Å²) in [7, 11) is -3.25. The summed E-state index contributed by atoms with van der Waals surface area (Å²) in [6.45, 7) is 1.84. The average Bonchev–Trinajstić information content (AvgIpc) is 2.47. The number of sulfone groups is 1. The largest absolute Gasteiger partial charge is 0.344 e. The fraction of sp³-hybridized carbons (Fsp3) is 0.200. The van der Waals surface area contributed by atoms with Gasteiger partial charge in [0.1, 0.15) is 0 Å². The van der Waals surface area contributed by atoms with E-state index in [2.05, 4.69) is 10.3 Å². The molecule has 21 heavy (non-hydrogen) atoms. The molecule has 0 fully saturated rings. The van der Waals surface area contributed by atoms with Gasteiger partial charge in [-0.1, -0.05) is 6.07 Å². The van der Waals surface area contributed by atoms with Gasteiger partial charge in [-0.3, -0.25) is 9.78 Å². The van der Waals surface area contributed by atoms with Crippen LogP contribution >= 0.6 is 0 Å². The van der Waals surface area contributed by atoms with Gasteiger partial charge in [0.25, 0.3) is 5.91 Å². The Bertz CT molecular complexity index is 725. The minimum Gasteiger partial charge on any atom is -0.344 e. The summed E-state index contributed by atoms with van der Waals surface area (Å²) in [4.78, 5) is 16.5. The third-order valence-electron chi connectivity index (χ3n) is 3.02.